The van der Waals surface area contributed by atoms with E-state index in [0.29, 0.717) is 0 Å². The summed E-state index contributed by atoms with van der Waals surface area (Å²) in [6, 6.07) is 18.8. The molecular formula is C22H21N3OS2. The molecule has 0 unspecified atom stereocenters. The molecule has 0 spiro atoms. The fourth-order valence-electron chi connectivity index (χ4n) is 3.79. The highest BCUT2D eigenvalue weighted by atomic mass is 32.2. The third-order valence-electron chi connectivity index (χ3n) is 5.23. The molecule has 1 amide bonds. The van der Waals surface area contributed by atoms with Crippen LogP contribution in [-0.2, 0) is 30.7 Å². The highest BCUT2D eigenvalue weighted by molar-refractivity contribution is 8.01. The number of anilines is 1. The number of aromatic nitrogens is 1. The van der Waals surface area contributed by atoms with E-state index in [2.05, 4.69) is 52.7 Å². The Morgan fingerprint density at radius 3 is 2.82 bits per heavy atom. The monoisotopic (exact) mass is 407 g/mol. The molecule has 0 bridgehead atoms. The van der Waals surface area contributed by atoms with Crippen molar-refractivity contribution < 1.29 is 4.79 Å². The molecule has 0 fully saturated rings. The maximum Gasteiger partial charge on any atom is 0.239 e. The summed E-state index contributed by atoms with van der Waals surface area (Å²) in [7, 11) is 0. The first-order chi connectivity index (χ1) is 13.7. The van der Waals surface area contributed by atoms with Gasteiger partial charge in [0.15, 0.2) is 5.13 Å². The van der Waals surface area contributed by atoms with Crippen LogP contribution in [0.2, 0.25) is 0 Å². The van der Waals surface area contributed by atoms with Gasteiger partial charge in [0.2, 0.25) is 5.91 Å². The maximum atomic E-state index is 12.7. The molecule has 3 aromatic rings. The number of nitrogens with one attached hydrogen (secondary N) is 1. The summed E-state index contributed by atoms with van der Waals surface area (Å²) in [6.45, 7) is 2.87. The van der Waals surface area contributed by atoms with Crippen LogP contribution in [-0.4, -0.2) is 27.6 Å². The van der Waals surface area contributed by atoms with E-state index in [9.17, 15) is 4.79 Å². The first-order valence-corrected chi connectivity index (χ1v) is 11.2. The Bertz CT molecular complexity index is 977. The first kappa shape index (κ1) is 17.9. The van der Waals surface area contributed by atoms with E-state index in [-0.39, 0.29) is 11.2 Å². The number of thioether (sulfide) groups is 1. The summed E-state index contributed by atoms with van der Waals surface area (Å²) in [5.41, 5.74) is 3.75. The molecule has 2 aromatic carbocycles. The summed E-state index contributed by atoms with van der Waals surface area (Å²) >= 11 is 3.28. The standard InChI is InChI=1S/C22H21N3OS2/c26-21(19-12-16-8-4-5-9-18(16)27-19)24-22-23-17-10-11-25(14-20(17)28-22)13-15-6-2-1-3-7-15/h1-9,19H,10-14H2,(H,23,24,26)/t19-/m1/s1. The van der Waals surface area contributed by atoms with Gasteiger partial charge < -0.3 is 5.32 Å². The van der Waals surface area contributed by atoms with Crippen molar-refractivity contribution in [2.24, 2.45) is 0 Å². The highest BCUT2D eigenvalue weighted by Crippen LogP contribution is 2.37. The fourth-order valence-corrected chi connectivity index (χ4v) is 6.04. The minimum Gasteiger partial charge on any atom is -0.301 e. The van der Waals surface area contributed by atoms with Crippen molar-refractivity contribution in [2.45, 2.75) is 36.1 Å². The quantitative estimate of drug-likeness (QED) is 0.698. The predicted octanol–water partition coefficient (Wildman–Crippen LogP) is 4.36. The zero-order valence-corrected chi connectivity index (χ0v) is 17.1. The van der Waals surface area contributed by atoms with Crippen molar-refractivity contribution in [2.75, 3.05) is 11.9 Å². The van der Waals surface area contributed by atoms with Crippen LogP contribution >= 0.6 is 23.1 Å². The van der Waals surface area contributed by atoms with Crippen molar-refractivity contribution in [1.82, 2.24) is 9.88 Å². The van der Waals surface area contributed by atoms with Crippen LogP contribution in [0.3, 0.4) is 0 Å². The lowest BCUT2D eigenvalue weighted by Crippen LogP contribution is -2.29. The van der Waals surface area contributed by atoms with Gasteiger partial charge in [-0.1, -0.05) is 48.5 Å². The van der Waals surface area contributed by atoms with Crippen LogP contribution in [0, 0.1) is 0 Å². The SMILES string of the molecule is O=C(Nc1nc2c(s1)CN(Cc1ccccc1)CC2)[C@H]1Cc2ccccc2S1. The van der Waals surface area contributed by atoms with Crippen LogP contribution in [0.1, 0.15) is 21.7 Å². The van der Waals surface area contributed by atoms with E-state index >= 15 is 0 Å². The highest BCUT2D eigenvalue weighted by Gasteiger charge is 2.29. The Labute approximate surface area is 173 Å². The van der Waals surface area contributed by atoms with Crippen molar-refractivity contribution in [3.63, 3.8) is 0 Å². The number of amides is 1. The van der Waals surface area contributed by atoms with Gasteiger partial charge in [0.05, 0.1) is 10.9 Å². The second-order valence-electron chi connectivity index (χ2n) is 7.24. The molecule has 1 N–H and O–H groups in total. The van der Waals surface area contributed by atoms with Crippen LogP contribution in [0.25, 0.3) is 0 Å². The number of carbonyl (C=O) groups excluding carboxylic acids is 1. The molecule has 2 aliphatic heterocycles. The molecule has 1 aromatic heterocycles. The van der Waals surface area contributed by atoms with Gasteiger partial charge in [-0.2, -0.15) is 0 Å². The van der Waals surface area contributed by atoms with Crippen molar-refractivity contribution >= 4 is 34.1 Å². The molecule has 5 rings (SSSR count). The van der Waals surface area contributed by atoms with Gasteiger partial charge in [0.1, 0.15) is 0 Å². The maximum absolute atomic E-state index is 12.7. The van der Waals surface area contributed by atoms with Gasteiger partial charge in [-0.05, 0) is 23.6 Å². The number of thiazole rings is 1. The average Bonchev–Trinajstić information content (AvgIpc) is 3.32. The van der Waals surface area contributed by atoms with Crippen molar-refractivity contribution in [1.29, 1.82) is 0 Å². The normalized spacial score (nSPS) is 18.5. The molecule has 142 valence electrons. The molecule has 0 radical (unpaired) electrons. The fraction of sp³-hybridized carbons (Fsp3) is 0.273. The van der Waals surface area contributed by atoms with Gasteiger partial charge in [-0.15, -0.1) is 23.1 Å². The molecule has 2 aliphatic rings. The Balaban J connectivity index is 1.22. The summed E-state index contributed by atoms with van der Waals surface area (Å²) in [6.07, 6.45) is 1.74. The number of rotatable bonds is 4. The van der Waals surface area contributed by atoms with Crippen LogP contribution < -0.4 is 5.32 Å². The average molecular weight is 408 g/mol. The number of carbonyl (C=O) groups is 1. The minimum absolute atomic E-state index is 0.0621. The number of fused-ring (bicyclic) bond motifs is 2. The summed E-state index contributed by atoms with van der Waals surface area (Å²) in [5, 5.41) is 3.75. The number of hydrogen-bond donors (Lipinski definition) is 1. The molecule has 4 nitrogen and oxygen atoms in total. The Kier molecular flexibility index (Phi) is 4.93. The smallest absolute Gasteiger partial charge is 0.239 e. The zero-order chi connectivity index (χ0) is 18.9. The van der Waals surface area contributed by atoms with E-state index in [1.807, 2.05) is 12.1 Å². The molecule has 0 aliphatic carbocycles. The molecule has 0 saturated carbocycles. The minimum atomic E-state index is -0.0621. The van der Waals surface area contributed by atoms with Crippen LogP contribution in [0.15, 0.2) is 59.5 Å². The largest absolute Gasteiger partial charge is 0.301 e. The van der Waals surface area contributed by atoms with Gasteiger partial charge in [-0.25, -0.2) is 4.98 Å². The number of benzene rings is 2. The molecule has 6 heteroatoms. The Hall–Kier alpha value is -2.15. The second kappa shape index (κ2) is 7.70. The van der Waals surface area contributed by atoms with Crippen molar-refractivity contribution in [3.05, 3.63) is 76.3 Å². The number of nitrogens with zero attached hydrogens (tertiary/aromatic N) is 2. The molecule has 3 heterocycles. The second-order valence-corrected chi connectivity index (χ2v) is 9.57. The molecule has 1 atom stereocenters. The van der Waals surface area contributed by atoms with Gasteiger partial charge in [0.25, 0.3) is 0 Å². The predicted molar refractivity (Wildman–Crippen MR) is 115 cm³/mol. The lowest BCUT2D eigenvalue weighted by Gasteiger charge is -2.25. The summed E-state index contributed by atoms with van der Waals surface area (Å²) < 4.78 is 0. The van der Waals surface area contributed by atoms with E-state index in [1.165, 1.54) is 20.9 Å². The summed E-state index contributed by atoms with van der Waals surface area (Å²) in [4.78, 5) is 22.4. The Morgan fingerprint density at radius 2 is 1.96 bits per heavy atom. The topological polar surface area (TPSA) is 45.2 Å². The summed E-state index contributed by atoms with van der Waals surface area (Å²) in [5.74, 6) is 0.0634. The lowest BCUT2D eigenvalue weighted by molar-refractivity contribution is -0.115. The van der Waals surface area contributed by atoms with E-state index in [1.54, 1.807) is 23.1 Å². The third kappa shape index (κ3) is 3.72. The van der Waals surface area contributed by atoms with Gasteiger partial charge >= 0.3 is 0 Å². The zero-order valence-electron chi connectivity index (χ0n) is 15.4. The molecule has 0 saturated heterocycles. The van der Waals surface area contributed by atoms with E-state index in [0.717, 1.165) is 43.3 Å². The van der Waals surface area contributed by atoms with Crippen LogP contribution in [0.5, 0.6) is 0 Å². The third-order valence-corrected chi connectivity index (χ3v) is 7.54. The van der Waals surface area contributed by atoms with E-state index in [4.69, 9.17) is 4.98 Å². The van der Waals surface area contributed by atoms with Crippen molar-refractivity contribution in [3.8, 4) is 0 Å². The molecule has 28 heavy (non-hydrogen) atoms. The lowest BCUT2D eigenvalue weighted by atomic mass is 10.1. The first-order valence-electron chi connectivity index (χ1n) is 9.55. The van der Waals surface area contributed by atoms with E-state index < -0.39 is 0 Å². The Morgan fingerprint density at radius 1 is 1.14 bits per heavy atom. The number of hydrogen-bond acceptors (Lipinski definition) is 5. The molecular weight excluding hydrogens is 386 g/mol. The van der Waals surface area contributed by atoms with Gasteiger partial charge in [0, 0.05) is 35.8 Å². The van der Waals surface area contributed by atoms with Gasteiger partial charge in [-0.3, -0.25) is 9.69 Å². The van der Waals surface area contributed by atoms with Crippen LogP contribution in [0.4, 0.5) is 5.13 Å².